The highest BCUT2D eigenvalue weighted by atomic mass is 79.9. The lowest BCUT2D eigenvalue weighted by atomic mass is 10.1. The van der Waals surface area contributed by atoms with Crippen molar-refractivity contribution < 1.29 is 4.74 Å². The predicted molar refractivity (Wildman–Crippen MR) is 101 cm³/mol. The molecule has 1 aliphatic heterocycles. The molecule has 0 atom stereocenters. The molecule has 0 bridgehead atoms. The van der Waals surface area contributed by atoms with Gasteiger partial charge in [-0.1, -0.05) is 33.6 Å². The van der Waals surface area contributed by atoms with Gasteiger partial charge in [-0.05, 0) is 55.5 Å². The Morgan fingerprint density at radius 1 is 0.870 bits per heavy atom. The second kappa shape index (κ2) is 5.62. The molecule has 2 nitrogen and oxygen atoms in total. The molecule has 1 heterocycles. The van der Waals surface area contributed by atoms with Gasteiger partial charge in [0.1, 0.15) is 0 Å². The third kappa shape index (κ3) is 2.62. The van der Waals surface area contributed by atoms with Crippen LogP contribution in [0.25, 0.3) is 0 Å². The summed E-state index contributed by atoms with van der Waals surface area (Å²) in [5.41, 5.74) is 4.39. The zero-order valence-electron chi connectivity index (χ0n) is 12.5. The molecule has 23 heavy (non-hydrogen) atoms. The molecule has 0 N–H and O–H groups in total. The summed E-state index contributed by atoms with van der Waals surface area (Å²) in [4.78, 5) is 3.10. The van der Waals surface area contributed by atoms with E-state index in [1.54, 1.807) is 0 Å². The molecule has 0 aliphatic carbocycles. The van der Waals surface area contributed by atoms with Gasteiger partial charge in [-0.3, -0.25) is 0 Å². The van der Waals surface area contributed by atoms with E-state index in [0.717, 1.165) is 37.9 Å². The summed E-state index contributed by atoms with van der Waals surface area (Å²) in [6.07, 6.45) is 0. The maximum Gasteiger partial charge on any atom is 0.152 e. The van der Waals surface area contributed by atoms with Crippen LogP contribution >= 0.6 is 28.6 Å². The number of aryl methyl sites for hydroxylation is 1. The summed E-state index contributed by atoms with van der Waals surface area (Å²) in [6, 6.07) is 20.6. The Morgan fingerprint density at radius 3 is 2.26 bits per heavy atom. The number of ether oxygens (including phenoxy) is 1. The van der Waals surface area contributed by atoms with Gasteiger partial charge in [0, 0.05) is 15.1 Å². The van der Waals surface area contributed by atoms with E-state index in [1.807, 2.05) is 30.3 Å². The van der Waals surface area contributed by atoms with E-state index in [4.69, 9.17) is 4.74 Å². The van der Waals surface area contributed by atoms with Crippen LogP contribution < -0.4 is 9.64 Å². The zero-order chi connectivity index (χ0) is 16.0. The number of nitrogens with zero attached hydrogens (tertiary/aromatic N) is 1. The van der Waals surface area contributed by atoms with Crippen molar-refractivity contribution >= 4 is 45.6 Å². The van der Waals surface area contributed by atoms with Crippen molar-refractivity contribution in [3.63, 3.8) is 0 Å². The van der Waals surface area contributed by atoms with Crippen LogP contribution in [0.4, 0.5) is 17.1 Å². The largest absolute Gasteiger partial charge is 0.453 e. The Morgan fingerprint density at radius 2 is 1.52 bits per heavy atom. The lowest BCUT2D eigenvalue weighted by molar-refractivity contribution is 0.475. The number of thiol groups is 1. The van der Waals surface area contributed by atoms with Crippen LogP contribution in [0.1, 0.15) is 5.56 Å². The summed E-state index contributed by atoms with van der Waals surface area (Å²) in [7, 11) is 0. The summed E-state index contributed by atoms with van der Waals surface area (Å²) >= 11 is 7.95. The van der Waals surface area contributed by atoms with Crippen LogP contribution in [-0.2, 0) is 0 Å². The second-order valence-corrected chi connectivity index (χ2v) is 6.97. The van der Waals surface area contributed by atoms with Crippen molar-refractivity contribution in [3.8, 4) is 11.5 Å². The van der Waals surface area contributed by atoms with Crippen LogP contribution in [0.3, 0.4) is 0 Å². The third-order valence-electron chi connectivity index (χ3n) is 3.86. The van der Waals surface area contributed by atoms with E-state index in [9.17, 15) is 0 Å². The van der Waals surface area contributed by atoms with E-state index in [2.05, 4.69) is 70.7 Å². The number of rotatable bonds is 1. The van der Waals surface area contributed by atoms with Gasteiger partial charge in [0.25, 0.3) is 0 Å². The monoisotopic (exact) mass is 383 g/mol. The minimum atomic E-state index is 0.809. The first-order chi connectivity index (χ1) is 11.1. The van der Waals surface area contributed by atoms with Gasteiger partial charge in [-0.15, -0.1) is 12.6 Å². The molecule has 114 valence electrons. The molecule has 0 radical (unpaired) electrons. The molecule has 0 amide bonds. The summed E-state index contributed by atoms with van der Waals surface area (Å²) in [6.45, 7) is 2.09. The molecule has 0 saturated heterocycles. The van der Waals surface area contributed by atoms with Crippen LogP contribution in [0.2, 0.25) is 0 Å². The van der Waals surface area contributed by atoms with Gasteiger partial charge < -0.3 is 9.64 Å². The molecule has 0 fully saturated rings. The van der Waals surface area contributed by atoms with E-state index >= 15 is 0 Å². The lowest BCUT2D eigenvalue weighted by Crippen LogP contribution is -2.15. The molecular formula is C19H14BrNOS. The molecule has 0 spiro atoms. The van der Waals surface area contributed by atoms with E-state index in [-0.39, 0.29) is 0 Å². The van der Waals surface area contributed by atoms with Gasteiger partial charge >= 0.3 is 0 Å². The molecule has 1 aliphatic rings. The van der Waals surface area contributed by atoms with Crippen LogP contribution in [-0.4, -0.2) is 0 Å². The summed E-state index contributed by atoms with van der Waals surface area (Å²) in [5.74, 6) is 1.63. The van der Waals surface area contributed by atoms with Crippen LogP contribution in [0.5, 0.6) is 11.5 Å². The molecule has 3 aromatic rings. The normalized spacial score (nSPS) is 12.4. The molecule has 4 rings (SSSR count). The van der Waals surface area contributed by atoms with E-state index in [0.29, 0.717) is 0 Å². The molecular weight excluding hydrogens is 370 g/mol. The first-order valence-electron chi connectivity index (χ1n) is 7.29. The predicted octanol–water partition coefficient (Wildman–Crippen LogP) is 6.62. The highest BCUT2D eigenvalue weighted by Crippen LogP contribution is 2.51. The van der Waals surface area contributed by atoms with Crippen LogP contribution in [0, 0.1) is 6.92 Å². The Bertz CT molecular complexity index is 841. The first kappa shape index (κ1) is 14.7. The average molecular weight is 384 g/mol. The van der Waals surface area contributed by atoms with Crippen molar-refractivity contribution in [1.29, 1.82) is 0 Å². The Labute approximate surface area is 149 Å². The van der Waals surface area contributed by atoms with Crippen LogP contribution in [0.15, 0.2) is 70.0 Å². The minimum absolute atomic E-state index is 0.809. The fraction of sp³-hybridized carbons (Fsp3) is 0.0526. The number of hydrogen-bond donors (Lipinski definition) is 1. The lowest BCUT2D eigenvalue weighted by Gasteiger charge is -2.33. The standard InChI is InChI=1S/C19H14BrNOS/c1-12-2-5-14(6-3-12)21-16-8-4-13(20)10-18(16)22-19-11-15(23)7-9-17(19)21/h2-11,23H,1H3. The van der Waals surface area contributed by atoms with Gasteiger partial charge in [0.15, 0.2) is 11.5 Å². The fourth-order valence-corrected chi connectivity index (χ4v) is 3.28. The smallest absolute Gasteiger partial charge is 0.152 e. The van der Waals surface area contributed by atoms with Crippen molar-refractivity contribution in [2.45, 2.75) is 11.8 Å². The molecule has 4 heteroatoms. The van der Waals surface area contributed by atoms with Crippen molar-refractivity contribution in [2.75, 3.05) is 4.90 Å². The summed E-state index contributed by atoms with van der Waals surface area (Å²) in [5, 5.41) is 0. The highest BCUT2D eigenvalue weighted by molar-refractivity contribution is 9.10. The quantitative estimate of drug-likeness (QED) is 0.370. The highest BCUT2D eigenvalue weighted by Gasteiger charge is 2.25. The number of benzene rings is 3. The number of fused-ring (bicyclic) bond motifs is 2. The number of anilines is 3. The topological polar surface area (TPSA) is 12.5 Å². The maximum absolute atomic E-state index is 6.09. The first-order valence-corrected chi connectivity index (χ1v) is 8.53. The average Bonchev–Trinajstić information content (AvgIpc) is 2.53. The minimum Gasteiger partial charge on any atom is -0.453 e. The van der Waals surface area contributed by atoms with Crippen molar-refractivity contribution in [2.24, 2.45) is 0 Å². The number of hydrogen-bond acceptors (Lipinski definition) is 3. The summed E-state index contributed by atoms with van der Waals surface area (Å²) < 4.78 is 7.09. The SMILES string of the molecule is Cc1ccc(N2c3ccc(S)cc3Oc3cc(Br)ccc32)cc1. The molecule has 3 aromatic carbocycles. The number of halogens is 1. The molecule has 0 unspecified atom stereocenters. The van der Waals surface area contributed by atoms with Gasteiger partial charge in [-0.2, -0.15) is 0 Å². The van der Waals surface area contributed by atoms with Gasteiger partial charge in [0.05, 0.1) is 11.4 Å². The van der Waals surface area contributed by atoms with Gasteiger partial charge in [0.2, 0.25) is 0 Å². The maximum atomic E-state index is 6.09. The van der Waals surface area contributed by atoms with E-state index < -0.39 is 0 Å². The van der Waals surface area contributed by atoms with Crippen molar-refractivity contribution in [1.82, 2.24) is 0 Å². The zero-order valence-corrected chi connectivity index (χ0v) is 14.9. The fourth-order valence-electron chi connectivity index (χ4n) is 2.74. The second-order valence-electron chi connectivity index (χ2n) is 5.54. The van der Waals surface area contributed by atoms with Crippen molar-refractivity contribution in [3.05, 3.63) is 70.7 Å². The Kier molecular flexibility index (Phi) is 3.58. The molecule has 0 aromatic heterocycles. The molecule has 0 saturated carbocycles. The Hall–Kier alpha value is -1.91. The van der Waals surface area contributed by atoms with E-state index in [1.165, 1.54) is 5.56 Å². The third-order valence-corrected chi connectivity index (χ3v) is 4.63. The Balaban J connectivity index is 1.95. The van der Waals surface area contributed by atoms with Gasteiger partial charge in [-0.25, -0.2) is 0 Å².